The minimum atomic E-state index is -0.507. The van der Waals surface area contributed by atoms with E-state index in [9.17, 15) is 19.8 Å². The van der Waals surface area contributed by atoms with Gasteiger partial charge in [-0.15, -0.1) is 0 Å². The first kappa shape index (κ1) is 21.8. The van der Waals surface area contributed by atoms with Crippen LogP contribution in [0.25, 0.3) is 0 Å². The van der Waals surface area contributed by atoms with Gasteiger partial charge in [-0.25, -0.2) is 4.79 Å². The van der Waals surface area contributed by atoms with Gasteiger partial charge in [0, 0.05) is 24.3 Å². The Morgan fingerprint density at radius 3 is 2.67 bits per heavy atom. The predicted molar refractivity (Wildman–Crippen MR) is 117 cm³/mol. The molecule has 2 N–H and O–H groups in total. The van der Waals surface area contributed by atoms with Crippen LogP contribution in [0.1, 0.15) is 70.8 Å². The highest BCUT2D eigenvalue weighted by atomic mass is 16.7. The molecular formula is C26H34O7. The third kappa shape index (κ3) is 2.73. The molecule has 0 radical (unpaired) electrons. The third-order valence-electron chi connectivity index (χ3n) is 10.4. The Balaban J connectivity index is 1.44. The second-order valence-corrected chi connectivity index (χ2v) is 11.8. The summed E-state index contributed by atoms with van der Waals surface area (Å²) >= 11 is 0. The van der Waals surface area contributed by atoms with Crippen LogP contribution < -0.4 is 5.63 Å². The maximum absolute atomic E-state index is 12.1. The molecule has 1 aliphatic heterocycles. The van der Waals surface area contributed by atoms with Crippen LogP contribution in [0.4, 0.5) is 0 Å². The quantitative estimate of drug-likeness (QED) is 0.518. The summed E-state index contributed by atoms with van der Waals surface area (Å²) in [5.74, 6) is 0.0712. The lowest BCUT2D eigenvalue weighted by atomic mass is 9.43. The van der Waals surface area contributed by atoms with Crippen molar-refractivity contribution < 1.29 is 28.9 Å². The summed E-state index contributed by atoms with van der Waals surface area (Å²) in [5.41, 5.74) is -0.582. The molecule has 1 spiro atoms. The van der Waals surface area contributed by atoms with E-state index < -0.39 is 28.8 Å². The molecular weight excluding hydrogens is 424 g/mol. The first-order chi connectivity index (χ1) is 15.6. The van der Waals surface area contributed by atoms with Crippen molar-refractivity contribution in [3.63, 3.8) is 0 Å². The minimum absolute atomic E-state index is 0.0390. The summed E-state index contributed by atoms with van der Waals surface area (Å²) in [6.07, 6.45) is 5.00. The van der Waals surface area contributed by atoms with Crippen molar-refractivity contribution >= 4 is 5.97 Å². The van der Waals surface area contributed by atoms with E-state index in [0.29, 0.717) is 12.3 Å². The normalized spacial score (nSPS) is 52.2. The molecule has 4 saturated carbocycles. The molecule has 2 heterocycles. The topological polar surface area (TPSA) is 110 Å². The fourth-order valence-corrected chi connectivity index (χ4v) is 9.21. The summed E-state index contributed by atoms with van der Waals surface area (Å²) in [6, 6.07) is 3.17. The van der Waals surface area contributed by atoms with Crippen molar-refractivity contribution in [1.82, 2.24) is 0 Å². The number of esters is 1. The molecule has 180 valence electrons. The van der Waals surface area contributed by atoms with Crippen molar-refractivity contribution in [2.24, 2.45) is 28.6 Å². The summed E-state index contributed by atoms with van der Waals surface area (Å²) in [7, 11) is 0. The van der Waals surface area contributed by atoms with E-state index in [2.05, 4.69) is 13.8 Å². The fraction of sp³-hybridized carbons (Fsp3) is 0.769. The Hall–Kier alpha value is -1.70. The highest BCUT2D eigenvalue weighted by molar-refractivity contribution is 5.66. The number of carbonyl (C=O) groups excluding carboxylic acids is 1. The number of rotatable bonds is 2. The van der Waals surface area contributed by atoms with Gasteiger partial charge in [-0.2, -0.15) is 0 Å². The van der Waals surface area contributed by atoms with Gasteiger partial charge >= 0.3 is 11.6 Å². The van der Waals surface area contributed by atoms with Crippen LogP contribution in [0.5, 0.6) is 0 Å². The third-order valence-corrected chi connectivity index (χ3v) is 10.4. The number of hydrogen-bond donors (Lipinski definition) is 2. The molecule has 1 saturated heterocycles. The molecule has 6 rings (SSSR count). The zero-order chi connectivity index (χ0) is 23.3. The van der Waals surface area contributed by atoms with Crippen molar-refractivity contribution in [2.75, 3.05) is 0 Å². The van der Waals surface area contributed by atoms with E-state index in [4.69, 9.17) is 13.9 Å². The minimum Gasteiger partial charge on any atom is -0.459 e. The zero-order valence-corrected chi connectivity index (χ0v) is 19.5. The molecule has 4 aliphatic carbocycles. The van der Waals surface area contributed by atoms with Crippen molar-refractivity contribution in [1.29, 1.82) is 0 Å². The van der Waals surface area contributed by atoms with Crippen molar-refractivity contribution in [3.05, 3.63) is 34.4 Å². The molecule has 5 aliphatic rings. The largest absolute Gasteiger partial charge is 0.459 e. The SMILES string of the molecule is CC(=O)OC1C(c2ccc(=O)oc2)C2(C)CC(O)C3C(CCC4CC(O)CCC43C)C23OC13. The second-order valence-electron chi connectivity index (χ2n) is 11.8. The monoisotopic (exact) mass is 458 g/mol. The lowest BCUT2D eigenvalue weighted by Crippen LogP contribution is -2.63. The van der Waals surface area contributed by atoms with Crippen molar-refractivity contribution in [2.45, 2.75) is 95.2 Å². The first-order valence-corrected chi connectivity index (χ1v) is 12.4. The molecule has 33 heavy (non-hydrogen) atoms. The number of hydrogen-bond acceptors (Lipinski definition) is 7. The van der Waals surface area contributed by atoms with Gasteiger partial charge in [0.1, 0.15) is 17.8 Å². The standard InChI is InChI=1S/C26H34O7/c1-13(27)32-22-20(14-4-7-19(30)31-12-14)25(3)11-18(29)21-17(26(25)23(22)33-26)6-5-15-10-16(28)8-9-24(15,21)2/h4,7,12,15-18,20-23,28-29H,5-6,8-11H2,1-3H3. The molecule has 1 aromatic rings. The van der Waals surface area contributed by atoms with E-state index in [1.807, 2.05) is 0 Å². The van der Waals surface area contributed by atoms with Crippen LogP contribution in [-0.4, -0.2) is 46.2 Å². The molecule has 7 nitrogen and oxygen atoms in total. The zero-order valence-electron chi connectivity index (χ0n) is 19.5. The summed E-state index contributed by atoms with van der Waals surface area (Å²) in [5, 5.41) is 22.0. The number of epoxide rings is 1. The van der Waals surface area contributed by atoms with Crippen molar-refractivity contribution in [3.8, 4) is 0 Å². The van der Waals surface area contributed by atoms with E-state index in [-0.39, 0.29) is 41.3 Å². The molecule has 11 unspecified atom stereocenters. The van der Waals surface area contributed by atoms with Gasteiger partial charge in [-0.3, -0.25) is 4.79 Å². The Labute approximate surface area is 193 Å². The van der Waals surface area contributed by atoms with Gasteiger partial charge in [0.2, 0.25) is 0 Å². The summed E-state index contributed by atoms with van der Waals surface area (Å²) in [6.45, 7) is 5.88. The average Bonchev–Trinajstić information content (AvgIpc) is 3.45. The highest BCUT2D eigenvalue weighted by Gasteiger charge is 2.85. The van der Waals surface area contributed by atoms with E-state index in [0.717, 1.165) is 37.7 Å². The van der Waals surface area contributed by atoms with E-state index in [1.165, 1.54) is 19.3 Å². The van der Waals surface area contributed by atoms with Gasteiger partial charge in [0.25, 0.3) is 0 Å². The van der Waals surface area contributed by atoms with E-state index >= 15 is 0 Å². The van der Waals surface area contributed by atoms with Crippen LogP contribution in [0.3, 0.4) is 0 Å². The Kier molecular flexibility index (Phi) is 4.57. The summed E-state index contributed by atoms with van der Waals surface area (Å²) in [4.78, 5) is 23.7. The molecule has 5 fully saturated rings. The van der Waals surface area contributed by atoms with Gasteiger partial charge in [-0.05, 0) is 73.3 Å². The smallest absolute Gasteiger partial charge is 0.335 e. The predicted octanol–water partition coefficient (Wildman–Crippen LogP) is 2.77. The van der Waals surface area contributed by atoms with Crippen LogP contribution in [-0.2, 0) is 14.3 Å². The number of aliphatic hydroxyl groups is 2. The first-order valence-electron chi connectivity index (χ1n) is 12.4. The van der Waals surface area contributed by atoms with Crippen LogP contribution in [0.15, 0.2) is 27.6 Å². The molecule has 7 heteroatoms. The van der Waals surface area contributed by atoms with E-state index in [1.54, 1.807) is 6.07 Å². The Morgan fingerprint density at radius 2 is 1.97 bits per heavy atom. The fourth-order valence-electron chi connectivity index (χ4n) is 9.21. The van der Waals surface area contributed by atoms with Crippen LogP contribution in [0, 0.1) is 28.6 Å². The van der Waals surface area contributed by atoms with Gasteiger partial charge in [0.15, 0.2) is 0 Å². The van der Waals surface area contributed by atoms with Gasteiger partial charge < -0.3 is 24.1 Å². The van der Waals surface area contributed by atoms with Gasteiger partial charge in [0.05, 0.1) is 18.5 Å². The van der Waals surface area contributed by atoms with Crippen LogP contribution >= 0.6 is 0 Å². The Bertz CT molecular complexity index is 1020. The molecule has 0 aromatic carbocycles. The summed E-state index contributed by atoms with van der Waals surface area (Å²) < 4.78 is 17.7. The maximum Gasteiger partial charge on any atom is 0.335 e. The number of fused-ring (bicyclic) bond motifs is 3. The second kappa shape index (κ2) is 6.92. The lowest BCUT2D eigenvalue weighted by Gasteiger charge is -2.62. The molecule has 0 amide bonds. The maximum atomic E-state index is 12.1. The highest BCUT2D eigenvalue weighted by Crippen LogP contribution is 2.78. The lowest BCUT2D eigenvalue weighted by molar-refractivity contribution is -0.191. The number of carbonyl (C=O) groups is 1. The molecule has 0 bridgehead atoms. The average molecular weight is 459 g/mol. The molecule has 11 atom stereocenters. The molecule has 1 aromatic heterocycles. The van der Waals surface area contributed by atoms with Gasteiger partial charge in [-0.1, -0.05) is 13.8 Å². The van der Waals surface area contributed by atoms with Crippen LogP contribution in [0.2, 0.25) is 0 Å². The number of ether oxygens (including phenoxy) is 2. The number of aliphatic hydroxyl groups excluding tert-OH is 2. The Morgan fingerprint density at radius 1 is 1.18 bits per heavy atom.